The molecule has 54 valence electrons. The molecule has 1 rings (SSSR count). The van der Waals surface area contributed by atoms with Crippen molar-refractivity contribution < 1.29 is 4.79 Å². The number of rotatable bonds is 0. The summed E-state index contributed by atoms with van der Waals surface area (Å²) in [5.41, 5.74) is 2.18. The quantitative estimate of drug-likeness (QED) is 0.542. The Labute approximate surface area is 60.9 Å². The average Bonchev–Trinajstić information content (AvgIpc) is 1.91. The molecule has 0 bridgehead atoms. The first-order chi connectivity index (χ1) is 4.79. The van der Waals surface area contributed by atoms with Gasteiger partial charge < -0.3 is 4.79 Å². The van der Waals surface area contributed by atoms with Gasteiger partial charge in [0.15, 0.2) is 0 Å². The molecule has 1 aromatic rings. The second-order valence-electron chi connectivity index (χ2n) is 1.92. The van der Waals surface area contributed by atoms with Crippen molar-refractivity contribution in [3.8, 4) is 0 Å². The Morgan fingerprint density at radius 3 is 1.80 bits per heavy atom. The first-order valence-electron chi connectivity index (χ1n) is 2.98. The molecule has 0 saturated carbocycles. The van der Waals surface area contributed by atoms with E-state index in [-0.39, 0.29) is 0 Å². The predicted octanol–water partition coefficient (Wildman–Crippen LogP) is 1.51. The third-order valence-electron chi connectivity index (χ3n) is 1.03. The second-order valence-corrected chi connectivity index (χ2v) is 1.92. The summed E-state index contributed by atoms with van der Waals surface area (Å²) in [5.74, 6) is 0. The van der Waals surface area contributed by atoms with Crippen LogP contribution in [0.4, 0.5) is 0 Å². The van der Waals surface area contributed by atoms with Crippen LogP contribution in [-0.4, -0.2) is 11.8 Å². The number of pyridine rings is 1. The number of nitrogens with zero attached hydrogens (tertiary/aromatic N) is 1. The van der Waals surface area contributed by atoms with Gasteiger partial charge in [-0.2, -0.15) is 0 Å². The van der Waals surface area contributed by atoms with Crippen LogP contribution in [0.5, 0.6) is 0 Å². The van der Waals surface area contributed by atoms with Crippen molar-refractivity contribution in [3.05, 3.63) is 29.6 Å². The van der Waals surface area contributed by atoms with Gasteiger partial charge in [-0.25, -0.2) is 0 Å². The number of hydrogen-bond acceptors (Lipinski definition) is 2. The molecule has 0 saturated heterocycles. The van der Waals surface area contributed by atoms with Gasteiger partial charge in [0, 0.05) is 11.4 Å². The summed E-state index contributed by atoms with van der Waals surface area (Å²) in [6.45, 7) is 5.99. The van der Waals surface area contributed by atoms with Crippen LogP contribution < -0.4 is 0 Å². The number of hydrogen-bond donors (Lipinski definition) is 0. The van der Waals surface area contributed by atoms with Crippen molar-refractivity contribution in [1.82, 2.24) is 4.98 Å². The number of aromatic nitrogens is 1. The van der Waals surface area contributed by atoms with Crippen LogP contribution in [-0.2, 0) is 4.79 Å². The Hall–Kier alpha value is -1.18. The molecule has 0 spiro atoms. The van der Waals surface area contributed by atoms with Gasteiger partial charge in [-0.1, -0.05) is 6.07 Å². The first kappa shape index (κ1) is 8.82. The largest absolute Gasteiger partial charge is 0.307 e. The normalized spacial score (nSPS) is 7.80. The highest BCUT2D eigenvalue weighted by molar-refractivity contribution is 5.11. The fourth-order valence-corrected chi connectivity index (χ4v) is 0.679. The molecule has 0 radical (unpaired) electrons. The predicted molar refractivity (Wildman–Crippen MR) is 40.8 cm³/mol. The molecular weight excluding hydrogens is 126 g/mol. The molecule has 0 fully saturated rings. The molecule has 2 heteroatoms. The van der Waals surface area contributed by atoms with Crippen LogP contribution in [0.3, 0.4) is 0 Å². The highest BCUT2D eigenvalue weighted by atomic mass is 16.1. The SMILES string of the molecule is C=O.Cc1cccc(C)n1. The Morgan fingerprint density at radius 1 is 1.20 bits per heavy atom. The Balaban J connectivity index is 0.000000371. The first-order valence-corrected chi connectivity index (χ1v) is 2.98. The standard InChI is InChI=1S/C7H9N.CH2O/c1-6-4-3-5-7(2)8-6;1-2/h3-5H,1-2H3;1H2. The van der Waals surface area contributed by atoms with Gasteiger partial charge in [-0.15, -0.1) is 0 Å². The zero-order valence-electron chi connectivity index (χ0n) is 6.29. The summed E-state index contributed by atoms with van der Waals surface area (Å²) in [6.07, 6.45) is 0. The van der Waals surface area contributed by atoms with E-state index in [0.29, 0.717) is 0 Å². The van der Waals surface area contributed by atoms with Gasteiger partial charge in [0.05, 0.1) is 0 Å². The van der Waals surface area contributed by atoms with Gasteiger partial charge in [0.1, 0.15) is 6.79 Å². The third-order valence-corrected chi connectivity index (χ3v) is 1.03. The maximum Gasteiger partial charge on any atom is 0.106 e. The van der Waals surface area contributed by atoms with Crippen LogP contribution in [0.25, 0.3) is 0 Å². The number of carbonyl (C=O) groups excluding carboxylic acids is 1. The van der Waals surface area contributed by atoms with Crippen molar-refractivity contribution in [2.24, 2.45) is 0 Å². The monoisotopic (exact) mass is 137 g/mol. The van der Waals surface area contributed by atoms with Crippen LogP contribution >= 0.6 is 0 Å². The molecule has 2 nitrogen and oxygen atoms in total. The third kappa shape index (κ3) is 2.97. The highest BCUT2D eigenvalue weighted by Gasteiger charge is 1.82. The van der Waals surface area contributed by atoms with Gasteiger partial charge in [-0.3, -0.25) is 4.98 Å². The lowest BCUT2D eigenvalue weighted by Crippen LogP contribution is -1.81. The van der Waals surface area contributed by atoms with E-state index in [1.165, 1.54) is 0 Å². The Bertz CT molecular complexity index is 181. The van der Waals surface area contributed by atoms with Crippen molar-refractivity contribution in [2.75, 3.05) is 0 Å². The summed E-state index contributed by atoms with van der Waals surface area (Å²) >= 11 is 0. The molecule has 0 aromatic carbocycles. The van der Waals surface area contributed by atoms with Crippen LogP contribution in [0.1, 0.15) is 11.4 Å². The van der Waals surface area contributed by atoms with Crippen molar-refractivity contribution in [1.29, 1.82) is 0 Å². The molecule has 1 heterocycles. The zero-order chi connectivity index (χ0) is 7.98. The Morgan fingerprint density at radius 2 is 1.60 bits per heavy atom. The molecule has 0 amide bonds. The van der Waals surface area contributed by atoms with Crippen molar-refractivity contribution in [3.63, 3.8) is 0 Å². The topological polar surface area (TPSA) is 30.0 Å². The number of aryl methyl sites for hydroxylation is 2. The van der Waals surface area contributed by atoms with E-state index in [2.05, 4.69) is 4.98 Å². The van der Waals surface area contributed by atoms with Gasteiger partial charge in [-0.05, 0) is 26.0 Å². The van der Waals surface area contributed by atoms with Crippen molar-refractivity contribution >= 4 is 6.79 Å². The van der Waals surface area contributed by atoms with E-state index < -0.39 is 0 Å². The molecule has 10 heavy (non-hydrogen) atoms. The van der Waals surface area contributed by atoms with Crippen molar-refractivity contribution in [2.45, 2.75) is 13.8 Å². The zero-order valence-corrected chi connectivity index (χ0v) is 6.29. The fourth-order valence-electron chi connectivity index (χ4n) is 0.679. The lowest BCUT2D eigenvalue weighted by Gasteiger charge is -1.90. The minimum absolute atomic E-state index is 1.09. The molecule has 0 aliphatic heterocycles. The van der Waals surface area contributed by atoms with E-state index in [1.54, 1.807) is 0 Å². The summed E-state index contributed by atoms with van der Waals surface area (Å²) < 4.78 is 0. The smallest absolute Gasteiger partial charge is 0.106 e. The maximum atomic E-state index is 8.00. The summed E-state index contributed by atoms with van der Waals surface area (Å²) in [4.78, 5) is 12.2. The van der Waals surface area contributed by atoms with Crippen LogP contribution in [0, 0.1) is 13.8 Å². The fraction of sp³-hybridized carbons (Fsp3) is 0.250. The molecule has 0 N–H and O–H groups in total. The van der Waals surface area contributed by atoms with E-state index >= 15 is 0 Å². The molecule has 0 aliphatic carbocycles. The molecule has 1 aromatic heterocycles. The molecule has 0 unspecified atom stereocenters. The second kappa shape index (κ2) is 4.68. The summed E-state index contributed by atoms with van der Waals surface area (Å²) in [7, 11) is 0. The minimum Gasteiger partial charge on any atom is -0.307 e. The molecule has 0 atom stereocenters. The van der Waals surface area contributed by atoms with Crippen LogP contribution in [0.15, 0.2) is 18.2 Å². The number of carbonyl (C=O) groups is 1. The van der Waals surface area contributed by atoms with E-state index in [1.807, 2.05) is 38.8 Å². The van der Waals surface area contributed by atoms with E-state index in [0.717, 1.165) is 11.4 Å². The summed E-state index contributed by atoms with van der Waals surface area (Å²) in [6, 6.07) is 6.00. The van der Waals surface area contributed by atoms with Gasteiger partial charge in [0.25, 0.3) is 0 Å². The van der Waals surface area contributed by atoms with E-state index in [4.69, 9.17) is 4.79 Å². The van der Waals surface area contributed by atoms with Gasteiger partial charge in [0.2, 0.25) is 0 Å². The maximum absolute atomic E-state index is 8.00. The van der Waals surface area contributed by atoms with Gasteiger partial charge >= 0.3 is 0 Å². The van der Waals surface area contributed by atoms with E-state index in [9.17, 15) is 0 Å². The Kier molecular flexibility index (Phi) is 4.12. The van der Waals surface area contributed by atoms with Crippen LogP contribution in [0.2, 0.25) is 0 Å². The summed E-state index contributed by atoms with van der Waals surface area (Å²) in [5, 5.41) is 0. The molecular formula is C8H11NO. The average molecular weight is 137 g/mol. The minimum atomic E-state index is 1.09. The molecule has 0 aliphatic rings. The lowest BCUT2D eigenvalue weighted by molar-refractivity contribution is -0.0979. The highest BCUT2D eigenvalue weighted by Crippen LogP contribution is 1.93. The lowest BCUT2D eigenvalue weighted by atomic mass is 10.3.